The van der Waals surface area contributed by atoms with Gasteiger partial charge in [0, 0.05) is 25.6 Å². The van der Waals surface area contributed by atoms with Crippen molar-refractivity contribution in [2.75, 3.05) is 24.6 Å². The summed E-state index contributed by atoms with van der Waals surface area (Å²) in [5.74, 6) is -0.924. The number of nitrogens with one attached hydrogen (secondary N) is 1. The lowest BCUT2D eigenvalue weighted by atomic mass is 10.2. The summed E-state index contributed by atoms with van der Waals surface area (Å²) in [6, 6.07) is 0.246. The summed E-state index contributed by atoms with van der Waals surface area (Å²) < 4.78 is 0. The molecule has 1 saturated heterocycles. The maximum atomic E-state index is 11.5. The van der Waals surface area contributed by atoms with Gasteiger partial charge in [0.25, 0.3) is 0 Å². The van der Waals surface area contributed by atoms with Gasteiger partial charge in [-0.15, -0.1) is 11.8 Å². The maximum Gasteiger partial charge on any atom is 0.313 e. The molecular weight excluding hydrogens is 256 g/mol. The third kappa shape index (κ3) is 4.95. The van der Waals surface area contributed by atoms with E-state index in [2.05, 4.69) is 5.32 Å². The average Bonchev–Trinajstić information content (AvgIpc) is 2.60. The summed E-state index contributed by atoms with van der Waals surface area (Å²) in [4.78, 5) is 34.8. The Morgan fingerprint density at radius 2 is 2.22 bits per heavy atom. The Hall–Kier alpha value is -1.24. The standard InChI is InChI=1S/C11H18N2O4S/c1-8-2-3-10(15)13(8)5-4-12-9(14)6-18-7-11(16)17/h8H,2-7H2,1H3,(H,12,14)(H,16,17)/t8-/m1/s1. The quantitative estimate of drug-likeness (QED) is 0.678. The Balaban J connectivity index is 2.11. The number of carboxylic acid groups (broad SMARTS) is 1. The van der Waals surface area contributed by atoms with Gasteiger partial charge in [-0.3, -0.25) is 14.4 Å². The fourth-order valence-corrected chi connectivity index (χ4v) is 2.38. The zero-order valence-corrected chi connectivity index (χ0v) is 11.2. The molecule has 1 aliphatic heterocycles. The summed E-state index contributed by atoms with van der Waals surface area (Å²) >= 11 is 1.06. The van der Waals surface area contributed by atoms with Crippen molar-refractivity contribution in [1.82, 2.24) is 10.2 Å². The SMILES string of the molecule is C[C@@H]1CCC(=O)N1CCNC(=O)CSCC(=O)O. The van der Waals surface area contributed by atoms with Crippen molar-refractivity contribution in [3.63, 3.8) is 0 Å². The Kier molecular flexibility index (Phi) is 5.97. The number of aliphatic carboxylic acids is 1. The molecule has 0 aromatic carbocycles. The van der Waals surface area contributed by atoms with Crippen LogP contribution in [-0.2, 0) is 14.4 Å². The van der Waals surface area contributed by atoms with Crippen LogP contribution in [0.1, 0.15) is 19.8 Å². The lowest BCUT2D eigenvalue weighted by Crippen LogP contribution is -2.39. The van der Waals surface area contributed by atoms with Gasteiger partial charge in [-0.2, -0.15) is 0 Å². The third-order valence-electron chi connectivity index (χ3n) is 2.76. The van der Waals surface area contributed by atoms with Gasteiger partial charge in [-0.1, -0.05) is 0 Å². The van der Waals surface area contributed by atoms with Crippen molar-refractivity contribution in [2.45, 2.75) is 25.8 Å². The van der Waals surface area contributed by atoms with Crippen LogP contribution >= 0.6 is 11.8 Å². The number of carboxylic acids is 1. The summed E-state index contributed by atoms with van der Waals surface area (Å²) in [7, 11) is 0. The number of likely N-dealkylation sites (tertiary alicyclic amines) is 1. The number of carbonyl (C=O) groups is 3. The van der Waals surface area contributed by atoms with Crippen LogP contribution in [0.15, 0.2) is 0 Å². The van der Waals surface area contributed by atoms with Crippen LogP contribution in [-0.4, -0.2) is 58.4 Å². The number of amides is 2. The molecular formula is C11H18N2O4S. The highest BCUT2D eigenvalue weighted by Gasteiger charge is 2.26. The van der Waals surface area contributed by atoms with E-state index in [0.29, 0.717) is 19.5 Å². The van der Waals surface area contributed by atoms with Gasteiger partial charge in [0.1, 0.15) is 0 Å². The minimum atomic E-state index is -0.927. The first kappa shape index (κ1) is 14.8. The fourth-order valence-electron chi connectivity index (χ4n) is 1.82. The second kappa shape index (κ2) is 7.25. The predicted octanol–water partition coefficient (Wildman–Crippen LogP) is -0.0687. The minimum absolute atomic E-state index is 0.0743. The van der Waals surface area contributed by atoms with Crippen LogP contribution in [0.2, 0.25) is 0 Å². The molecule has 0 aromatic rings. The van der Waals surface area contributed by atoms with Crippen molar-refractivity contribution in [2.24, 2.45) is 0 Å². The molecule has 1 aliphatic rings. The Labute approximate surface area is 110 Å². The van der Waals surface area contributed by atoms with Gasteiger partial charge in [0.2, 0.25) is 11.8 Å². The van der Waals surface area contributed by atoms with Gasteiger partial charge in [0.15, 0.2) is 0 Å². The molecule has 0 aromatic heterocycles. The van der Waals surface area contributed by atoms with Gasteiger partial charge < -0.3 is 15.3 Å². The minimum Gasteiger partial charge on any atom is -0.481 e. The fraction of sp³-hybridized carbons (Fsp3) is 0.727. The lowest BCUT2D eigenvalue weighted by Gasteiger charge is -2.21. The van der Waals surface area contributed by atoms with Gasteiger partial charge in [-0.05, 0) is 13.3 Å². The highest BCUT2D eigenvalue weighted by molar-refractivity contribution is 8.00. The Bertz CT molecular complexity index is 335. The maximum absolute atomic E-state index is 11.5. The van der Waals surface area contributed by atoms with Gasteiger partial charge in [-0.25, -0.2) is 0 Å². The highest BCUT2D eigenvalue weighted by Crippen LogP contribution is 2.16. The average molecular weight is 274 g/mol. The molecule has 0 spiro atoms. The first-order chi connectivity index (χ1) is 8.50. The summed E-state index contributed by atoms with van der Waals surface area (Å²) in [6.07, 6.45) is 1.46. The molecule has 1 heterocycles. The van der Waals surface area contributed by atoms with Crippen molar-refractivity contribution >= 4 is 29.5 Å². The molecule has 0 saturated carbocycles. The summed E-state index contributed by atoms with van der Waals surface area (Å²) in [6.45, 7) is 2.94. The second-order valence-electron chi connectivity index (χ2n) is 4.21. The molecule has 0 unspecified atom stereocenters. The van der Waals surface area contributed by atoms with E-state index < -0.39 is 5.97 Å². The molecule has 0 bridgehead atoms. The van der Waals surface area contributed by atoms with E-state index in [-0.39, 0.29) is 29.4 Å². The number of carbonyl (C=O) groups excluding carboxylic acids is 2. The van der Waals surface area contributed by atoms with E-state index in [0.717, 1.165) is 18.2 Å². The highest BCUT2D eigenvalue weighted by atomic mass is 32.2. The normalized spacial score (nSPS) is 19.1. The van der Waals surface area contributed by atoms with Crippen LogP contribution in [0, 0.1) is 0 Å². The first-order valence-corrected chi connectivity index (χ1v) is 7.02. The van der Waals surface area contributed by atoms with Crippen LogP contribution in [0.4, 0.5) is 0 Å². The molecule has 7 heteroatoms. The van der Waals surface area contributed by atoms with Crippen molar-refractivity contribution in [1.29, 1.82) is 0 Å². The molecule has 102 valence electrons. The summed E-state index contributed by atoms with van der Waals surface area (Å²) in [5, 5.41) is 11.1. The predicted molar refractivity (Wildman–Crippen MR) is 68.4 cm³/mol. The lowest BCUT2D eigenvalue weighted by molar-refractivity contribution is -0.134. The van der Waals surface area contributed by atoms with Gasteiger partial charge >= 0.3 is 5.97 Å². The van der Waals surface area contributed by atoms with Crippen molar-refractivity contribution in [3.8, 4) is 0 Å². The number of nitrogens with zero attached hydrogens (tertiary/aromatic N) is 1. The van der Waals surface area contributed by atoms with Crippen molar-refractivity contribution < 1.29 is 19.5 Å². The molecule has 18 heavy (non-hydrogen) atoms. The third-order valence-corrected chi connectivity index (χ3v) is 3.68. The summed E-state index contributed by atoms with van der Waals surface area (Å²) in [5.41, 5.74) is 0. The Morgan fingerprint density at radius 3 is 2.78 bits per heavy atom. The Morgan fingerprint density at radius 1 is 1.50 bits per heavy atom. The molecule has 2 amide bonds. The molecule has 1 atom stereocenters. The number of thioether (sulfide) groups is 1. The van der Waals surface area contributed by atoms with E-state index >= 15 is 0 Å². The monoisotopic (exact) mass is 274 g/mol. The molecule has 0 aliphatic carbocycles. The smallest absolute Gasteiger partial charge is 0.313 e. The molecule has 0 radical (unpaired) electrons. The second-order valence-corrected chi connectivity index (χ2v) is 5.20. The molecule has 6 nitrogen and oxygen atoms in total. The van der Waals surface area contributed by atoms with E-state index in [1.54, 1.807) is 4.90 Å². The molecule has 1 fully saturated rings. The van der Waals surface area contributed by atoms with Crippen LogP contribution in [0.25, 0.3) is 0 Å². The van der Waals surface area contributed by atoms with E-state index in [1.807, 2.05) is 6.92 Å². The molecule has 1 rings (SSSR count). The zero-order chi connectivity index (χ0) is 13.5. The van der Waals surface area contributed by atoms with E-state index in [9.17, 15) is 14.4 Å². The van der Waals surface area contributed by atoms with Crippen LogP contribution in [0.3, 0.4) is 0 Å². The number of rotatable bonds is 7. The largest absolute Gasteiger partial charge is 0.481 e. The van der Waals surface area contributed by atoms with E-state index in [4.69, 9.17) is 5.11 Å². The van der Waals surface area contributed by atoms with Gasteiger partial charge in [0.05, 0.1) is 11.5 Å². The topological polar surface area (TPSA) is 86.7 Å². The number of hydrogen-bond acceptors (Lipinski definition) is 4. The van der Waals surface area contributed by atoms with Crippen LogP contribution in [0.5, 0.6) is 0 Å². The van der Waals surface area contributed by atoms with Crippen molar-refractivity contribution in [3.05, 3.63) is 0 Å². The van der Waals surface area contributed by atoms with E-state index in [1.165, 1.54) is 0 Å². The first-order valence-electron chi connectivity index (χ1n) is 5.86. The van der Waals surface area contributed by atoms with Crippen LogP contribution < -0.4 is 5.32 Å². The molecule has 2 N–H and O–H groups in total. The zero-order valence-electron chi connectivity index (χ0n) is 10.3. The number of hydrogen-bond donors (Lipinski definition) is 2.